The lowest BCUT2D eigenvalue weighted by molar-refractivity contribution is -0.136. The van der Waals surface area contributed by atoms with Crippen LogP contribution in [0.25, 0.3) is 0 Å². The largest absolute Gasteiger partial charge is 0.331 e. The molecular weight excluding hydrogens is 342 g/mol. The number of nitrogens with zero attached hydrogens (tertiary/aromatic N) is 1. The van der Waals surface area contributed by atoms with Crippen LogP contribution in [0.1, 0.15) is 28.5 Å². The fourth-order valence-corrected chi connectivity index (χ4v) is 6.41. The predicted molar refractivity (Wildman–Crippen MR) is 94.8 cm³/mol. The molecule has 2 atom stereocenters. The Morgan fingerprint density at radius 3 is 2.67 bits per heavy atom. The summed E-state index contributed by atoms with van der Waals surface area (Å²) in [6, 6.07) is 12.0. The summed E-state index contributed by atoms with van der Waals surface area (Å²) >= 11 is 1.74. The SMILES string of the molecule is O=C(C1CCS(=O)(=O)C1)N1CCc2sccc2C1c1ccccc1. The Morgan fingerprint density at radius 1 is 1.17 bits per heavy atom. The highest BCUT2D eigenvalue weighted by molar-refractivity contribution is 7.91. The number of benzene rings is 1. The first-order chi connectivity index (χ1) is 11.6. The number of sulfone groups is 1. The normalized spacial score (nSPS) is 25.4. The van der Waals surface area contributed by atoms with Crippen molar-refractivity contribution >= 4 is 27.1 Å². The molecule has 0 saturated carbocycles. The molecule has 3 heterocycles. The Kier molecular flexibility index (Phi) is 3.96. The van der Waals surface area contributed by atoms with Crippen molar-refractivity contribution in [1.82, 2.24) is 4.90 Å². The molecule has 0 bridgehead atoms. The minimum atomic E-state index is -3.06. The maximum Gasteiger partial charge on any atom is 0.227 e. The molecule has 0 radical (unpaired) electrons. The highest BCUT2D eigenvalue weighted by Crippen LogP contribution is 2.39. The Balaban J connectivity index is 1.70. The van der Waals surface area contributed by atoms with Gasteiger partial charge in [-0.1, -0.05) is 30.3 Å². The van der Waals surface area contributed by atoms with Crippen LogP contribution in [0.2, 0.25) is 0 Å². The summed E-state index contributed by atoms with van der Waals surface area (Å²) in [5.74, 6) is -0.264. The van der Waals surface area contributed by atoms with Crippen molar-refractivity contribution in [2.75, 3.05) is 18.1 Å². The fraction of sp³-hybridized carbons (Fsp3) is 0.389. The molecule has 4 rings (SSSR count). The van der Waals surface area contributed by atoms with Crippen LogP contribution in [-0.2, 0) is 21.1 Å². The molecule has 126 valence electrons. The van der Waals surface area contributed by atoms with E-state index in [-0.39, 0.29) is 29.4 Å². The Morgan fingerprint density at radius 2 is 1.96 bits per heavy atom. The quantitative estimate of drug-likeness (QED) is 0.826. The van der Waals surface area contributed by atoms with E-state index in [9.17, 15) is 13.2 Å². The Labute approximate surface area is 146 Å². The zero-order valence-electron chi connectivity index (χ0n) is 13.2. The Bertz CT molecular complexity index is 857. The van der Waals surface area contributed by atoms with Gasteiger partial charge in [-0.3, -0.25) is 4.79 Å². The number of hydrogen-bond acceptors (Lipinski definition) is 4. The summed E-state index contributed by atoms with van der Waals surface area (Å²) in [6.07, 6.45) is 1.30. The average Bonchev–Trinajstić information content (AvgIpc) is 3.20. The van der Waals surface area contributed by atoms with E-state index < -0.39 is 9.84 Å². The summed E-state index contributed by atoms with van der Waals surface area (Å²) in [7, 11) is -3.06. The van der Waals surface area contributed by atoms with Gasteiger partial charge in [0.25, 0.3) is 0 Å². The first kappa shape index (κ1) is 15.8. The number of carbonyl (C=O) groups excluding carboxylic acids is 1. The topological polar surface area (TPSA) is 54.5 Å². The molecule has 2 aliphatic heterocycles. The monoisotopic (exact) mass is 361 g/mol. The zero-order chi connectivity index (χ0) is 16.7. The minimum Gasteiger partial charge on any atom is -0.331 e. The highest BCUT2D eigenvalue weighted by Gasteiger charge is 2.40. The first-order valence-corrected chi connectivity index (χ1v) is 10.9. The second-order valence-corrected chi connectivity index (χ2v) is 9.72. The van der Waals surface area contributed by atoms with E-state index in [4.69, 9.17) is 0 Å². The molecular formula is C18H19NO3S2. The molecule has 1 fully saturated rings. The van der Waals surface area contributed by atoms with Gasteiger partial charge in [0.2, 0.25) is 5.91 Å². The maximum absolute atomic E-state index is 13.1. The zero-order valence-corrected chi connectivity index (χ0v) is 14.9. The predicted octanol–water partition coefficient (Wildman–Crippen LogP) is 2.66. The first-order valence-electron chi connectivity index (χ1n) is 8.17. The highest BCUT2D eigenvalue weighted by atomic mass is 32.2. The summed E-state index contributed by atoms with van der Waals surface area (Å²) < 4.78 is 23.5. The molecule has 0 N–H and O–H groups in total. The van der Waals surface area contributed by atoms with Crippen LogP contribution in [0.3, 0.4) is 0 Å². The minimum absolute atomic E-state index is 0.000334. The average molecular weight is 361 g/mol. The third-order valence-corrected chi connectivity index (χ3v) is 7.71. The molecule has 1 saturated heterocycles. The summed E-state index contributed by atoms with van der Waals surface area (Å²) in [5, 5.41) is 2.08. The van der Waals surface area contributed by atoms with Crippen molar-refractivity contribution < 1.29 is 13.2 Å². The van der Waals surface area contributed by atoms with Crippen LogP contribution in [0.5, 0.6) is 0 Å². The van der Waals surface area contributed by atoms with Crippen LogP contribution in [0, 0.1) is 5.92 Å². The van der Waals surface area contributed by atoms with Crippen LogP contribution in [0.4, 0.5) is 0 Å². The number of fused-ring (bicyclic) bond motifs is 1. The number of amides is 1. The van der Waals surface area contributed by atoms with Crippen molar-refractivity contribution in [2.45, 2.75) is 18.9 Å². The number of thiophene rings is 1. The van der Waals surface area contributed by atoms with Crippen LogP contribution < -0.4 is 0 Å². The molecule has 24 heavy (non-hydrogen) atoms. The van der Waals surface area contributed by atoms with Gasteiger partial charge in [0.15, 0.2) is 9.84 Å². The van der Waals surface area contributed by atoms with E-state index >= 15 is 0 Å². The van der Waals surface area contributed by atoms with Gasteiger partial charge < -0.3 is 4.90 Å². The lowest BCUT2D eigenvalue weighted by atomic mass is 9.92. The maximum atomic E-state index is 13.1. The lowest BCUT2D eigenvalue weighted by Crippen LogP contribution is -2.43. The van der Waals surface area contributed by atoms with E-state index in [1.54, 1.807) is 11.3 Å². The molecule has 4 nitrogen and oxygen atoms in total. The molecule has 6 heteroatoms. The molecule has 2 unspecified atom stereocenters. The standard InChI is InChI=1S/C18H19NO3S2/c20-18(14-8-11-24(21,22)12-14)19-9-6-16-15(7-10-23-16)17(19)13-4-2-1-3-5-13/h1-5,7,10,14,17H,6,8-9,11-12H2. The molecule has 1 aromatic carbocycles. The summed E-state index contributed by atoms with van der Waals surface area (Å²) in [4.78, 5) is 16.3. The van der Waals surface area contributed by atoms with Gasteiger partial charge in [-0.15, -0.1) is 11.3 Å². The molecule has 2 aliphatic rings. The second kappa shape index (κ2) is 6.01. The molecule has 2 aromatic rings. The van der Waals surface area contributed by atoms with Gasteiger partial charge in [0, 0.05) is 11.4 Å². The fourth-order valence-electron chi connectivity index (χ4n) is 3.77. The summed E-state index contributed by atoms with van der Waals surface area (Å²) in [5.41, 5.74) is 2.28. The molecule has 1 aromatic heterocycles. The number of rotatable bonds is 2. The van der Waals surface area contributed by atoms with Gasteiger partial charge in [-0.2, -0.15) is 0 Å². The molecule has 1 amide bonds. The van der Waals surface area contributed by atoms with Gasteiger partial charge in [0.05, 0.1) is 23.5 Å². The molecule has 0 spiro atoms. The number of carbonyl (C=O) groups is 1. The van der Waals surface area contributed by atoms with Gasteiger partial charge in [-0.25, -0.2) is 8.42 Å². The Hall–Kier alpha value is -1.66. The van der Waals surface area contributed by atoms with Crippen molar-refractivity contribution in [3.05, 3.63) is 57.8 Å². The van der Waals surface area contributed by atoms with Crippen LogP contribution >= 0.6 is 11.3 Å². The van der Waals surface area contributed by atoms with Crippen LogP contribution in [0.15, 0.2) is 41.8 Å². The van der Waals surface area contributed by atoms with E-state index in [0.717, 1.165) is 12.0 Å². The third kappa shape index (κ3) is 2.78. The van der Waals surface area contributed by atoms with Gasteiger partial charge in [-0.05, 0) is 35.4 Å². The van der Waals surface area contributed by atoms with E-state index in [0.29, 0.717) is 13.0 Å². The third-order valence-electron chi connectivity index (χ3n) is 4.95. The van der Waals surface area contributed by atoms with Crippen molar-refractivity contribution in [2.24, 2.45) is 5.92 Å². The summed E-state index contributed by atoms with van der Waals surface area (Å²) in [6.45, 7) is 0.655. The van der Waals surface area contributed by atoms with E-state index in [1.807, 2.05) is 35.2 Å². The second-order valence-electron chi connectivity index (χ2n) is 6.49. The van der Waals surface area contributed by atoms with Crippen molar-refractivity contribution in [1.29, 1.82) is 0 Å². The van der Waals surface area contributed by atoms with Crippen LogP contribution in [-0.4, -0.2) is 37.3 Å². The smallest absolute Gasteiger partial charge is 0.227 e. The van der Waals surface area contributed by atoms with Gasteiger partial charge >= 0.3 is 0 Å². The lowest BCUT2D eigenvalue weighted by Gasteiger charge is -2.37. The van der Waals surface area contributed by atoms with Crippen molar-refractivity contribution in [3.63, 3.8) is 0 Å². The van der Waals surface area contributed by atoms with Crippen molar-refractivity contribution in [3.8, 4) is 0 Å². The van der Waals surface area contributed by atoms with Gasteiger partial charge in [0.1, 0.15) is 0 Å². The van der Waals surface area contributed by atoms with E-state index in [2.05, 4.69) is 11.4 Å². The molecule has 0 aliphatic carbocycles. The van der Waals surface area contributed by atoms with E-state index in [1.165, 1.54) is 10.4 Å². The number of hydrogen-bond donors (Lipinski definition) is 0.